The van der Waals surface area contributed by atoms with Crippen LogP contribution in [-0.2, 0) is 6.61 Å². The number of pyridine rings is 1. The van der Waals surface area contributed by atoms with Gasteiger partial charge < -0.3 is 15.4 Å². The highest BCUT2D eigenvalue weighted by molar-refractivity contribution is 7.96. The molecule has 2 aliphatic heterocycles. The van der Waals surface area contributed by atoms with Gasteiger partial charge in [-0.25, -0.2) is 18.1 Å². The number of anilines is 2. The average molecular weight is 482 g/mol. The van der Waals surface area contributed by atoms with E-state index in [1.807, 2.05) is 12.1 Å². The van der Waals surface area contributed by atoms with E-state index in [1.54, 1.807) is 36.3 Å². The van der Waals surface area contributed by atoms with Crippen LogP contribution in [-0.4, -0.2) is 47.4 Å². The fourth-order valence-electron chi connectivity index (χ4n) is 4.54. The first kappa shape index (κ1) is 22.6. The highest BCUT2D eigenvalue weighted by Gasteiger charge is 2.51. The van der Waals surface area contributed by atoms with Crippen molar-refractivity contribution in [2.75, 3.05) is 43.1 Å². The predicted molar refractivity (Wildman–Crippen MR) is 131 cm³/mol. The van der Waals surface area contributed by atoms with Crippen molar-refractivity contribution in [3.8, 4) is 5.75 Å². The zero-order valence-electron chi connectivity index (χ0n) is 18.7. The molecule has 3 aromatic rings. The van der Waals surface area contributed by atoms with Crippen molar-refractivity contribution in [1.82, 2.24) is 9.29 Å². The molecule has 2 saturated heterocycles. The van der Waals surface area contributed by atoms with Crippen molar-refractivity contribution in [3.63, 3.8) is 0 Å². The Morgan fingerprint density at radius 2 is 1.82 bits per heavy atom. The fraction of sp³-hybridized carbons (Fsp3) is 0.280. The van der Waals surface area contributed by atoms with E-state index in [2.05, 4.69) is 20.4 Å². The third-order valence-electron chi connectivity index (χ3n) is 6.32. The van der Waals surface area contributed by atoms with Crippen molar-refractivity contribution in [2.45, 2.75) is 6.61 Å². The molecule has 3 heterocycles. The number of aromatic nitrogens is 1. The van der Waals surface area contributed by atoms with Crippen molar-refractivity contribution < 1.29 is 13.5 Å². The Kier molecular flexibility index (Phi) is 5.91. The summed E-state index contributed by atoms with van der Waals surface area (Å²) in [5.74, 6) is 0.0562. The number of benzene rings is 2. The molecule has 2 fully saturated rings. The van der Waals surface area contributed by atoms with Crippen molar-refractivity contribution in [1.29, 1.82) is 5.41 Å². The van der Waals surface area contributed by atoms with Crippen LogP contribution < -0.4 is 15.4 Å². The molecule has 9 heteroatoms. The van der Waals surface area contributed by atoms with E-state index in [0.29, 0.717) is 33.5 Å². The Labute approximate surface area is 201 Å². The first-order valence-electron chi connectivity index (χ1n) is 10.9. The third kappa shape index (κ3) is 4.45. The van der Waals surface area contributed by atoms with Crippen molar-refractivity contribution >= 4 is 29.2 Å². The Bertz CT molecular complexity index is 1200. The Morgan fingerprint density at radius 1 is 1.09 bits per heavy atom. The predicted octanol–water partition coefficient (Wildman–Crippen LogP) is 4.34. The quantitative estimate of drug-likeness (QED) is 0.297. The molecule has 0 unspecified atom stereocenters. The SMILES string of the molecule is CSN1CC2(C1)CN(c1ccc(C(=N)c3cc(OCc4cc(F)cc(F)c4)ccc3N)cn1)C2. The maximum Gasteiger partial charge on any atom is 0.128 e. The summed E-state index contributed by atoms with van der Waals surface area (Å²) >= 11 is 1.79. The van der Waals surface area contributed by atoms with Gasteiger partial charge in [-0.2, -0.15) is 0 Å². The van der Waals surface area contributed by atoms with Gasteiger partial charge in [-0.15, -0.1) is 0 Å². The van der Waals surface area contributed by atoms with Gasteiger partial charge in [0.2, 0.25) is 0 Å². The Balaban J connectivity index is 1.24. The molecule has 2 aliphatic rings. The topological polar surface area (TPSA) is 78.5 Å². The van der Waals surface area contributed by atoms with Crippen LogP contribution >= 0.6 is 11.9 Å². The standard InChI is InChI=1S/C25H25F2N5OS/c1-34-32-14-25(15-32)12-31(13-25)23-5-2-17(10-30-23)24(29)21-9-20(3-4-22(21)28)33-11-16-6-18(26)8-19(27)7-16/h2-10,29H,11-15,28H2,1H3. The zero-order chi connectivity index (χ0) is 23.9. The first-order valence-corrected chi connectivity index (χ1v) is 12.1. The number of nitrogens with one attached hydrogen (secondary N) is 1. The molecule has 0 saturated carbocycles. The minimum absolute atomic E-state index is 0.00630. The summed E-state index contributed by atoms with van der Waals surface area (Å²) in [5, 5.41) is 8.65. The minimum atomic E-state index is -0.655. The smallest absolute Gasteiger partial charge is 0.128 e. The second-order valence-electron chi connectivity index (χ2n) is 8.93. The van der Waals surface area contributed by atoms with Gasteiger partial charge in [0.05, 0.1) is 5.71 Å². The summed E-state index contributed by atoms with van der Waals surface area (Å²) in [7, 11) is 0. The lowest BCUT2D eigenvalue weighted by Crippen LogP contribution is -2.70. The summed E-state index contributed by atoms with van der Waals surface area (Å²) in [6, 6.07) is 12.1. The van der Waals surface area contributed by atoms with E-state index >= 15 is 0 Å². The molecule has 34 heavy (non-hydrogen) atoms. The van der Waals surface area contributed by atoms with Gasteiger partial charge in [0.15, 0.2) is 0 Å². The summed E-state index contributed by atoms with van der Waals surface area (Å²) < 4.78 is 34.9. The number of nitrogen functional groups attached to an aromatic ring is 1. The Hall–Kier alpha value is -3.17. The largest absolute Gasteiger partial charge is 0.489 e. The van der Waals surface area contributed by atoms with E-state index in [1.165, 1.54) is 12.1 Å². The van der Waals surface area contributed by atoms with Crippen LogP contribution in [0.3, 0.4) is 0 Å². The lowest BCUT2D eigenvalue weighted by Gasteiger charge is -2.60. The number of nitrogens with two attached hydrogens (primary N) is 1. The van der Waals surface area contributed by atoms with Crippen LogP contribution in [0.2, 0.25) is 0 Å². The van der Waals surface area contributed by atoms with Gasteiger partial charge in [0, 0.05) is 60.7 Å². The van der Waals surface area contributed by atoms with Crippen molar-refractivity contribution in [3.05, 3.63) is 83.1 Å². The van der Waals surface area contributed by atoms with E-state index in [0.717, 1.165) is 38.1 Å². The van der Waals surface area contributed by atoms with Gasteiger partial charge in [-0.1, -0.05) is 11.9 Å². The molecule has 2 aromatic carbocycles. The maximum absolute atomic E-state index is 13.4. The lowest BCUT2D eigenvalue weighted by molar-refractivity contribution is 0.0474. The highest BCUT2D eigenvalue weighted by Crippen LogP contribution is 2.43. The average Bonchev–Trinajstić information content (AvgIpc) is 2.76. The Morgan fingerprint density at radius 3 is 2.47 bits per heavy atom. The number of halogens is 2. The molecule has 0 radical (unpaired) electrons. The molecule has 0 atom stereocenters. The molecule has 1 spiro atoms. The second kappa shape index (κ2) is 8.88. The zero-order valence-corrected chi connectivity index (χ0v) is 19.5. The summed E-state index contributed by atoms with van der Waals surface area (Å²) in [6.07, 6.45) is 3.80. The van der Waals surface area contributed by atoms with Gasteiger partial charge >= 0.3 is 0 Å². The van der Waals surface area contributed by atoms with Gasteiger partial charge in [0.1, 0.15) is 29.8 Å². The molecule has 1 aromatic heterocycles. The van der Waals surface area contributed by atoms with Crippen LogP contribution in [0.5, 0.6) is 5.75 Å². The number of hydrogen-bond acceptors (Lipinski definition) is 7. The monoisotopic (exact) mass is 481 g/mol. The minimum Gasteiger partial charge on any atom is -0.489 e. The van der Waals surface area contributed by atoms with Crippen molar-refractivity contribution in [2.24, 2.45) is 5.41 Å². The highest BCUT2D eigenvalue weighted by atomic mass is 32.2. The van der Waals surface area contributed by atoms with Crippen LogP contribution in [0.25, 0.3) is 0 Å². The summed E-state index contributed by atoms with van der Waals surface area (Å²) in [6.45, 7) is 4.26. The van der Waals surface area contributed by atoms with Gasteiger partial charge in [0.25, 0.3) is 0 Å². The summed E-state index contributed by atoms with van der Waals surface area (Å²) in [5.41, 5.74) is 8.73. The first-order chi connectivity index (χ1) is 16.3. The van der Waals surface area contributed by atoms with E-state index in [-0.39, 0.29) is 12.3 Å². The molecular weight excluding hydrogens is 456 g/mol. The van der Waals surface area contributed by atoms with Gasteiger partial charge in [-0.3, -0.25) is 5.41 Å². The molecule has 3 N–H and O–H groups in total. The van der Waals surface area contributed by atoms with Crippen LogP contribution in [0, 0.1) is 22.5 Å². The summed E-state index contributed by atoms with van der Waals surface area (Å²) in [4.78, 5) is 6.85. The van der Waals surface area contributed by atoms with Crippen LogP contribution in [0.1, 0.15) is 16.7 Å². The lowest BCUT2D eigenvalue weighted by atomic mass is 9.74. The van der Waals surface area contributed by atoms with E-state index in [4.69, 9.17) is 15.9 Å². The molecule has 0 bridgehead atoms. The van der Waals surface area contributed by atoms with Gasteiger partial charge in [-0.05, 0) is 54.3 Å². The molecular formula is C25H25F2N5OS. The second-order valence-corrected chi connectivity index (χ2v) is 9.81. The normalized spacial score (nSPS) is 16.7. The molecule has 6 nitrogen and oxygen atoms in total. The molecule has 176 valence electrons. The van der Waals surface area contributed by atoms with E-state index in [9.17, 15) is 8.78 Å². The number of ether oxygens (including phenoxy) is 1. The number of nitrogens with zero attached hydrogens (tertiary/aromatic N) is 3. The molecule has 0 amide bonds. The maximum atomic E-state index is 13.4. The van der Waals surface area contributed by atoms with Crippen LogP contribution in [0.4, 0.5) is 20.3 Å². The molecule has 0 aliphatic carbocycles. The number of rotatable bonds is 7. The van der Waals surface area contributed by atoms with Crippen LogP contribution in [0.15, 0.2) is 54.7 Å². The molecule has 5 rings (SSSR count). The number of hydrogen-bond donors (Lipinski definition) is 2. The third-order valence-corrected chi connectivity index (χ3v) is 7.09. The van der Waals surface area contributed by atoms with E-state index < -0.39 is 11.6 Å². The fourth-order valence-corrected chi connectivity index (χ4v) is 5.34.